The Hall–Kier alpha value is -5.52. The van der Waals surface area contributed by atoms with Crippen LogP contribution in [-0.4, -0.2) is 275 Å². The van der Waals surface area contributed by atoms with Gasteiger partial charge in [-0.1, -0.05) is 28.7 Å². The Kier molecular flexibility index (Phi) is 30.4. The Morgan fingerprint density at radius 1 is 0.438 bits per heavy atom. The molecule has 0 amide bonds. The number of epoxide rings is 3. The van der Waals surface area contributed by atoms with Gasteiger partial charge in [0, 0.05) is 10.8 Å². The number of aliphatic carboxylic acids is 1. The van der Waals surface area contributed by atoms with E-state index in [2.05, 4.69) is 44.8 Å². The largest absolute Gasteiger partial charge is 0.509 e. The quantitative estimate of drug-likeness (QED) is 0.0341. The summed E-state index contributed by atoms with van der Waals surface area (Å²) in [5.41, 5.74) is -1.04. The summed E-state index contributed by atoms with van der Waals surface area (Å²) in [7, 11) is 0. The number of ether oxygens (including phenoxy) is 20. The first-order chi connectivity index (χ1) is 37.4. The maximum atomic E-state index is 11.9. The molecule has 7 aliphatic heterocycles. The van der Waals surface area contributed by atoms with Crippen molar-refractivity contribution in [2.45, 2.75) is 103 Å². The second-order valence-electron chi connectivity index (χ2n) is 18.5. The van der Waals surface area contributed by atoms with E-state index < -0.39 is 116 Å². The molecule has 32 heteroatoms. The highest BCUT2D eigenvalue weighted by Gasteiger charge is 2.38. The lowest BCUT2D eigenvalue weighted by Crippen LogP contribution is -2.40. The van der Waals surface area contributed by atoms with Gasteiger partial charge in [-0.15, -0.1) is 0 Å². The predicted octanol–water partition coefficient (Wildman–Crippen LogP) is -0.741. The van der Waals surface area contributed by atoms with Gasteiger partial charge in [0.15, 0.2) is 0 Å². The fourth-order valence-electron chi connectivity index (χ4n) is 6.55. The maximum Gasteiger partial charge on any atom is 0.509 e. The second kappa shape index (κ2) is 35.4. The molecule has 4 N–H and O–H groups in total. The van der Waals surface area contributed by atoms with Gasteiger partial charge in [0.1, 0.15) is 82.9 Å². The third kappa shape index (κ3) is 26.4. The van der Waals surface area contributed by atoms with Gasteiger partial charge in [-0.05, 0) is 12.8 Å². The summed E-state index contributed by atoms with van der Waals surface area (Å²) in [5, 5.41) is 38.9. The van der Waals surface area contributed by atoms with Crippen LogP contribution >= 0.6 is 0 Å². The first-order valence-electron chi connectivity index (χ1n) is 24.8. The summed E-state index contributed by atoms with van der Waals surface area (Å²) >= 11 is 0. The third-order valence-electron chi connectivity index (χ3n) is 11.7. The summed E-state index contributed by atoms with van der Waals surface area (Å²) in [6.07, 6.45) is -10.4. The summed E-state index contributed by atoms with van der Waals surface area (Å²) in [4.78, 5) is 88.8. The van der Waals surface area contributed by atoms with Gasteiger partial charge >= 0.3 is 48.5 Å². The molecule has 7 rings (SSSR count). The van der Waals surface area contributed by atoms with Crippen LogP contribution in [0.25, 0.3) is 0 Å². The van der Waals surface area contributed by atoms with Crippen molar-refractivity contribution in [1.29, 1.82) is 0 Å². The molecule has 7 fully saturated rings. The van der Waals surface area contributed by atoms with Crippen molar-refractivity contribution in [2.75, 3.05) is 145 Å². The van der Waals surface area contributed by atoms with Crippen LogP contribution in [0.1, 0.15) is 41.5 Å². The molecule has 0 bridgehead atoms. The van der Waals surface area contributed by atoms with Crippen molar-refractivity contribution in [3.8, 4) is 0 Å². The van der Waals surface area contributed by atoms with E-state index in [-0.39, 0.29) is 86.3 Å². The van der Waals surface area contributed by atoms with E-state index >= 15 is 0 Å². The lowest BCUT2D eigenvalue weighted by atomic mass is 9.88. The van der Waals surface area contributed by atoms with Gasteiger partial charge in [0.25, 0.3) is 0 Å². The van der Waals surface area contributed by atoms with Crippen molar-refractivity contribution in [3.05, 3.63) is 0 Å². The van der Waals surface area contributed by atoms with Crippen molar-refractivity contribution >= 4 is 48.5 Å². The molecular weight excluding hydrogens is 1090 g/mol. The molecule has 7 aliphatic rings. The van der Waals surface area contributed by atoms with E-state index in [9.17, 15) is 53.7 Å². The molecule has 0 spiro atoms. The number of rotatable bonds is 36. The first kappa shape index (κ1) is 68.8. The number of carboxylic acids is 1. The summed E-state index contributed by atoms with van der Waals surface area (Å²) < 4.78 is 100. The Morgan fingerprint density at radius 2 is 0.688 bits per heavy atom. The van der Waals surface area contributed by atoms with Crippen molar-refractivity contribution in [3.63, 3.8) is 0 Å². The van der Waals surface area contributed by atoms with Crippen molar-refractivity contribution in [1.82, 2.24) is 0 Å². The molecule has 0 aromatic rings. The van der Waals surface area contributed by atoms with Gasteiger partial charge in [0.2, 0.25) is 24.4 Å². The molecule has 460 valence electrons. The number of carbonyl (C=O) groups is 8. The smallest absolute Gasteiger partial charge is 0.478 e. The minimum atomic E-state index is -1.27. The zero-order chi connectivity index (χ0) is 56.5. The molecule has 0 aromatic heterocycles. The Balaban J connectivity index is 0.000000426. The average Bonchev–Trinajstić information content (AvgIpc) is 4.39. The predicted molar refractivity (Wildman–Crippen MR) is 256 cm³/mol. The monoisotopic (exact) mass is 1160 g/mol. The first-order valence-corrected chi connectivity index (χ1v) is 24.8. The van der Waals surface area contributed by atoms with E-state index in [1.807, 2.05) is 0 Å². The van der Waals surface area contributed by atoms with E-state index in [0.29, 0.717) is 64.4 Å². The number of hydrogen-bond acceptors (Lipinski definition) is 31. The van der Waals surface area contributed by atoms with Crippen LogP contribution in [0.5, 0.6) is 0 Å². The fourth-order valence-corrected chi connectivity index (χ4v) is 6.55. The van der Waals surface area contributed by atoms with Crippen LogP contribution in [0.2, 0.25) is 0 Å². The molecule has 32 nitrogen and oxygen atoms in total. The van der Waals surface area contributed by atoms with Crippen molar-refractivity contribution < 1.29 is 154 Å². The van der Waals surface area contributed by atoms with Crippen LogP contribution in [0.4, 0.5) is 19.2 Å². The number of aliphatic hydroxyl groups excluding tert-OH is 3. The molecule has 80 heavy (non-hydrogen) atoms. The van der Waals surface area contributed by atoms with Gasteiger partial charge in [-0.25, -0.2) is 38.4 Å². The highest BCUT2D eigenvalue weighted by atomic mass is 16.8. The lowest BCUT2D eigenvalue weighted by Gasteiger charge is -2.33. The second-order valence-corrected chi connectivity index (χ2v) is 18.5. The molecule has 7 saturated heterocycles. The zero-order valence-corrected chi connectivity index (χ0v) is 43.0. The molecule has 10 atom stereocenters. The molecular formula is C48H76O32. The zero-order valence-electron chi connectivity index (χ0n) is 43.0. The molecule has 0 saturated carbocycles. The summed E-state index contributed by atoms with van der Waals surface area (Å²) in [5.74, 6) is -3.91. The lowest BCUT2D eigenvalue weighted by molar-refractivity contribution is -0.157. The van der Waals surface area contributed by atoms with Gasteiger partial charge in [0.05, 0.1) is 99.1 Å². The topological polar surface area (TPSA) is 412 Å². The van der Waals surface area contributed by atoms with Crippen LogP contribution in [0.15, 0.2) is 0 Å². The third-order valence-corrected chi connectivity index (χ3v) is 11.7. The standard InChI is InChI=1S/C27H38O21.C15H26O6.C4H4O5.2CH4/c1-2-27(12-37-3-15(28)6-40-21(31)18-9-43-24(34)46-18,13-38-4-16(29)7-41-22(32)19-10-44-25(35)47-19)14-39-5-17(30)8-42-23(33)20-11-45-26(36)48-20;1-2-15(9-16-3-12-6-19-12,10-17-4-13-7-20-13)11-18-5-14-8-21-14;5-3(6)2-1-8-4(7)9-2;;/h15-20,28-30H,2-14H2,1H3;12-14H,2-11H2,1H3;2H,1H2,(H,5,6);2*1H4. The SMILES string of the molecule is C.C.CCC(COCC(O)COC(=O)C1COC(=O)O1)(COCC(O)COC(=O)C1COC(=O)O1)COCC(O)COC(=O)C1COC(=O)O1.CCC(COCC1CO1)(COCC1CO1)COCC1CO1.O=C1OCC(C(=O)O)O1. The Bertz CT molecular complexity index is 1750. The van der Waals surface area contributed by atoms with E-state index in [0.717, 1.165) is 26.2 Å². The minimum Gasteiger partial charge on any atom is -0.478 e. The summed E-state index contributed by atoms with van der Waals surface area (Å²) in [6.45, 7) is 6.54. The number of carbonyl (C=O) groups excluding carboxylic acids is 7. The van der Waals surface area contributed by atoms with Crippen LogP contribution in [-0.2, 0) is 114 Å². The number of carboxylic acid groups (broad SMARTS) is 1. The highest BCUT2D eigenvalue weighted by molar-refractivity contribution is 5.81. The average molecular weight is 1170 g/mol. The van der Waals surface area contributed by atoms with Crippen molar-refractivity contribution in [2.24, 2.45) is 10.8 Å². The fraction of sp³-hybridized carbons (Fsp3) is 0.833. The molecule has 0 aliphatic carbocycles. The molecule has 0 aromatic carbocycles. The van der Waals surface area contributed by atoms with E-state index in [1.54, 1.807) is 6.92 Å². The number of hydrogen-bond donors (Lipinski definition) is 4. The van der Waals surface area contributed by atoms with E-state index in [4.69, 9.17) is 61.9 Å². The summed E-state index contributed by atoms with van der Waals surface area (Å²) in [6, 6.07) is 0. The molecule has 7 heterocycles. The minimum absolute atomic E-state index is 0. The van der Waals surface area contributed by atoms with Crippen LogP contribution in [0.3, 0.4) is 0 Å². The maximum absolute atomic E-state index is 11.9. The van der Waals surface area contributed by atoms with E-state index in [1.165, 1.54) is 0 Å². The molecule has 0 radical (unpaired) electrons. The van der Waals surface area contributed by atoms with Crippen LogP contribution in [0, 0.1) is 10.8 Å². The Morgan fingerprint density at radius 3 is 0.887 bits per heavy atom. The highest BCUT2D eigenvalue weighted by Crippen LogP contribution is 2.27. The van der Waals surface area contributed by atoms with Gasteiger partial charge < -0.3 is 115 Å². The van der Waals surface area contributed by atoms with Crippen LogP contribution < -0.4 is 0 Å². The number of esters is 3. The van der Waals surface area contributed by atoms with Gasteiger partial charge in [-0.2, -0.15) is 0 Å². The number of aliphatic hydroxyl groups is 3. The molecule has 10 unspecified atom stereocenters. The Labute approximate surface area is 460 Å². The van der Waals surface area contributed by atoms with Gasteiger partial charge in [-0.3, -0.25) is 0 Å². The normalized spacial score (nSPS) is 25.3. The number of cyclic esters (lactones) is 8.